The molecule has 0 bridgehead atoms. The van der Waals surface area contributed by atoms with E-state index in [1.165, 1.54) is 11.1 Å². The molecule has 0 aliphatic rings. The highest BCUT2D eigenvalue weighted by atomic mass is 31.1. The Morgan fingerprint density at radius 2 is 1.85 bits per heavy atom. The number of rotatable bonds is 1. The van der Waals surface area contributed by atoms with Crippen molar-refractivity contribution in [3.05, 3.63) is 35.5 Å². The van der Waals surface area contributed by atoms with Crippen LogP contribution in [-0.4, -0.2) is 9.49 Å². The fourth-order valence-corrected chi connectivity index (χ4v) is 1.93. The van der Waals surface area contributed by atoms with Gasteiger partial charge in [0.2, 0.25) is 0 Å². The predicted octanol–water partition coefficient (Wildman–Crippen LogP) is 3.27. The first-order valence-corrected chi connectivity index (χ1v) is 5.07. The number of nitrogens with one attached hydrogen (secondary N) is 1. The van der Waals surface area contributed by atoms with Crippen molar-refractivity contribution in [2.75, 3.05) is 0 Å². The number of aromatic nitrogens is 2. The van der Waals surface area contributed by atoms with E-state index in [0.29, 0.717) is 0 Å². The highest BCUT2D eigenvalue weighted by Gasteiger charge is 2.03. The van der Waals surface area contributed by atoms with Gasteiger partial charge in [-0.3, -0.25) is 0 Å². The Hall–Kier alpha value is -1.14. The maximum atomic E-state index is 4.36. The molecule has 0 spiro atoms. The molecule has 13 heavy (non-hydrogen) atoms. The van der Waals surface area contributed by atoms with E-state index < -0.39 is 0 Å². The van der Waals surface area contributed by atoms with E-state index in [-0.39, 0.29) is 0 Å². The van der Waals surface area contributed by atoms with Crippen molar-refractivity contribution in [1.29, 1.82) is 0 Å². The molecule has 66 valence electrons. The van der Waals surface area contributed by atoms with Gasteiger partial charge in [-0.25, -0.2) is 4.75 Å². The summed E-state index contributed by atoms with van der Waals surface area (Å²) in [6, 6.07) is 8.45. The largest absolute Gasteiger partial charge is 0.325 e. The van der Waals surface area contributed by atoms with Gasteiger partial charge in [-0.05, 0) is 13.8 Å². The summed E-state index contributed by atoms with van der Waals surface area (Å²) in [6.07, 6.45) is 0. The first kappa shape index (κ1) is 8.46. The number of hydrogen-bond acceptors (Lipinski definition) is 1. The van der Waals surface area contributed by atoms with Crippen molar-refractivity contribution >= 4 is 8.51 Å². The van der Waals surface area contributed by atoms with Gasteiger partial charge >= 0.3 is 0 Å². The summed E-state index contributed by atoms with van der Waals surface area (Å²) in [5, 5.41) is 0. The van der Waals surface area contributed by atoms with Gasteiger partial charge in [-0.1, -0.05) is 29.8 Å². The molecule has 1 N–H and O–H groups in total. The minimum atomic E-state index is 0.942. The highest BCUT2D eigenvalue weighted by Crippen LogP contribution is 2.22. The lowest BCUT2D eigenvalue weighted by atomic mass is 10.1. The molecule has 0 saturated heterocycles. The van der Waals surface area contributed by atoms with Crippen LogP contribution in [0.25, 0.3) is 11.3 Å². The third-order valence-electron chi connectivity index (χ3n) is 2.05. The van der Waals surface area contributed by atoms with Crippen LogP contribution in [0, 0.1) is 13.8 Å². The second-order valence-electron chi connectivity index (χ2n) is 3.15. The quantitative estimate of drug-likeness (QED) is 0.734. The monoisotopic (exact) mass is 190 g/mol. The van der Waals surface area contributed by atoms with E-state index >= 15 is 0 Å². The molecule has 0 aliphatic carbocycles. The highest BCUT2D eigenvalue weighted by molar-refractivity contribution is 7.20. The minimum Gasteiger partial charge on any atom is -0.325 e. The van der Waals surface area contributed by atoms with E-state index in [1.54, 1.807) is 0 Å². The lowest BCUT2D eigenvalue weighted by Gasteiger charge is -1.98. The van der Waals surface area contributed by atoms with Crippen LogP contribution < -0.4 is 0 Å². The Balaban J connectivity index is 2.47. The minimum absolute atomic E-state index is 0.942. The van der Waals surface area contributed by atoms with Crippen LogP contribution in [-0.2, 0) is 0 Å². The van der Waals surface area contributed by atoms with Crippen LogP contribution in [0.4, 0.5) is 0 Å². The normalized spacial score (nSPS) is 10.9. The first-order chi connectivity index (χ1) is 6.27. The summed E-state index contributed by atoms with van der Waals surface area (Å²) >= 11 is 0. The third-order valence-corrected chi connectivity index (χ3v) is 2.78. The Morgan fingerprint density at radius 1 is 1.15 bits per heavy atom. The molecule has 0 fully saturated rings. The van der Waals surface area contributed by atoms with E-state index in [0.717, 1.165) is 19.9 Å². The fourth-order valence-electron chi connectivity index (χ4n) is 1.26. The molecule has 0 aliphatic heterocycles. The van der Waals surface area contributed by atoms with Crippen LogP contribution in [0.3, 0.4) is 0 Å². The van der Waals surface area contributed by atoms with Gasteiger partial charge in [0.1, 0.15) is 8.51 Å². The van der Waals surface area contributed by atoms with E-state index in [4.69, 9.17) is 0 Å². The standard InChI is InChI=1S/C10H11N2P/c1-7-3-5-9(6-4-7)10-8(2)11-13-12-10/h3-6H,1-2H3,(H,11,12). The van der Waals surface area contributed by atoms with Gasteiger partial charge in [0.15, 0.2) is 0 Å². The Bertz CT molecular complexity index is 403. The van der Waals surface area contributed by atoms with Crippen molar-refractivity contribution in [1.82, 2.24) is 9.49 Å². The maximum absolute atomic E-state index is 4.36. The Morgan fingerprint density at radius 3 is 2.38 bits per heavy atom. The summed E-state index contributed by atoms with van der Waals surface area (Å²) in [7, 11) is 0.942. The third kappa shape index (κ3) is 1.63. The van der Waals surface area contributed by atoms with Gasteiger partial charge in [-0.15, -0.1) is 0 Å². The predicted molar refractivity (Wildman–Crippen MR) is 56.0 cm³/mol. The molecule has 2 nitrogen and oxygen atoms in total. The molecule has 1 aromatic heterocycles. The van der Waals surface area contributed by atoms with Crippen LogP contribution in [0.15, 0.2) is 24.3 Å². The number of benzene rings is 1. The van der Waals surface area contributed by atoms with Gasteiger partial charge < -0.3 is 4.75 Å². The van der Waals surface area contributed by atoms with Gasteiger partial charge in [0.05, 0.1) is 5.69 Å². The molecule has 2 aromatic rings. The molecule has 0 atom stereocenters. The summed E-state index contributed by atoms with van der Waals surface area (Å²) in [6.45, 7) is 4.14. The lowest BCUT2D eigenvalue weighted by Crippen LogP contribution is -1.81. The molecule has 0 amide bonds. The Kier molecular flexibility index (Phi) is 2.15. The van der Waals surface area contributed by atoms with E-state index in [2.05, 4.69) is 47.6 Å². The fraction of sp³-hybridized carbons (Fsp3) is 0.200. The number of H-pyrrole nitrogens is 1. The molecule has 0 unspecified atom stereocenters. The van der Waals surface area contributed by atoms with Crippen molar-refractivity contribution < 1.29 is 0 Å². The van der Waals surface area contributed by atoms with Crippen LogP contribution in [0.1, 0.15) is 11.3 Å². The molecule has 0 radical (unpaired) electrons. The number of aryl methyl sites for hydroxylation is 2. The number of aromatic amines is 1. The number of hydrogen-bond donors (Lipinski definition) is 1. The molecular weight excluding hydrogens is 179 g/mol. The van der Waals surface area contributed by atoms with Gasteiger partial charge in [-0.2, -0.15) is 0 Å². The number of nitrogens with zero attached hydrogens (tertiary/aromatic N) is 1. The molecule has 1 aromatic carbocycles. The van der Waals surface area contributed by atoms with Gasteiger partial charge in [0.25, 0.3) is 0 Å². The van der Waals surface area contributed by atoms with Crippen LogP contribution >= 0.6 is 8.51 Å². The summed E-state index contributed by atoms with van der Waals surface area (Å²) in [5.74, 6) is 0. The Labute approximate surface area is 79.3 Å². The average molecular weight is 190 g/mol. The van der Waals surface area contributed by atoms with Crippen molar-refractivity contribution in [2.24, 2.45) is 0 Å². The SMILES string of the molecule is Cc1ccc(-c2np[nH]c2C)cc1. The van der Waals surface area contributed by atoms with E-state index in [1.807, 2.05) is 0 Å². The van der Waals surface area contributed by atoms with Gasteiger partial charge in [0, 0.05) is 11.3 Å². The molecule has 3 heteroatoms. The lowest BCUT2D eigenvalue weighted by molar-refractivity contribution is 1.32. The van der Waals surface area contributed by atoms with Crippen molar-refractivity contribution in [3.63, 3.8) is 0 Å². The summed E-state index contributed by atoms with van der Waals surface area (Å²) in [4.78, 5) is 0. The van der Waals surface area contributed by atoms with E-state index in [9.17, 15) is 0 Å². The molecule has 2 rings (SSSR count). The topological polar surface area (TPSA) is 28.7 Å². The molecular formula is C10H11N2P. The van der Waals surface area contributed by atoms with Crippen molar-refractivity contribution in [3.8, 4) is 11.3 Å². The zero-order valence-corrected chi connectivity index (χ0v) is 8.60. The zero-order chi connectivity index (χ0) is 9.26. The molecule has 0 saturated carbocycles. The summed E-state index contributed by atoms with van der Waals surface area (Å²) in [5.41, 5.74) is 4.72. The zero-order valence-electron chi connectivity index (χ0n) is 7.70. The van der Waals surface area contributed by atoms with Crippen LogP contribution in [0.5, 0.6) is 0 Å². The van der Waals surface area contributed by atoms with Crippen LogP contribution in [0.2, 0.25) is 0 Å². The second kappa shape index (κ2) is 3.31. The van der Waals surface area contributed by atoms with Crippen molar-refractivity contribution in [2.45, 2.75) is 13.8 Å². The smallest absolute Gasteiger partial charge is 0.130 e. The second-order valence-corrected chi connectivity index (χ2v) is 3.78. The maximum Gasteiger partial charge on any atom is 0.130 e. The summed E-state index contributed by atoms with van der Waals surface area (Å²) < 4.78 is 7.53. The average Bonchev–Trinajstić information content (AvgIpc) is 2.53. The molecule has 1 heterocycles. The first-order valence-electron chi connectivity index (χ1n) is 4.22.